The van der Waals surface area contributed by atoms with E-state index < -0.39 is 0 Å². The van der Waals surface area contributed by atoms with Crippen LogP contribution < -0.4 is 5.32 Å². The summed E-state index contributed by atoms with van der Waals surface area (Å²) in [5, 5.41) is 12.7. The van der Waals surface area contributed by atoms with Gasteiger partial charge in [0.05, 0.1) is 6.07 Å². The van der Waals surface area contributed by atoms with Crippen molar-refractivity contribution in [2.24, 2.45) is 5.92 Å². The molecule has 2 nitrogen and oxygen atoms in total. The largest absolute Gasteiger partial charge is 0.309 e. The molecule has 2 fully saturated rings. The molecule has 0 saturated heterocycles. The van der Waals surface area contributed by atoms with Crippen molar-refractivity contribution in [1.29, 1.82) is 5.26 Å². The quantitative estimate of drug-likeness (QED) is 0.754. The van der Waals surface area contributed by atoms with E-state index in [1.54, 1.807) is 0 Å². The van der Waals surface area contributed by atoms with Gasteiger partial charge in [-0.1, -0.05) is 19.3 Å². The molecule has 0 aliphatic heterocycles. The molecule has 2 aliphatic rings. The molecule has 0 heterocycles. The smallest absolute Gasteiger partial charge is 0.0656 e. The predicted octanol–water partition coefficient (Wildman–Crippen LogP) is 2.99. The van der Waals surface area contributed by atoms with Gasteiger partial charge >= 0.3 is 0 Å². The van der Waals surface area contributed by atoms with Crippen molar-refractivity contribution in [3.8, 4) is 6.07 Å². The molecule has 1 N–H and O–H groups in total. The van der Waals surface area contributed by atoms with Crippen LogP contribution in [-0.4, -0.2) is 11.6 Å². The van der Waals surface area contributed by atoms with Crippen LogP contribution >= 0.6 is 0 Å². The highest BCUT2D eigenvalue weighted by Gasteiger charge is 2.32. The van der Waals surface area contributed by atoms with Gasteiger partial charge in [-0.2, -0.15) is 5.26 Å². The Morgan fingerprint density at radius 1 is 1.20 bits per heavy atom. The highest BCUT2D eigenvalue weighted by molar-refractivity contribution is 4.97. The van der Waals surface area contributed by atoms with Crippen molar-refractivity contribution < 1.29 is 0 Å². The maximum atomic E-state index is 8.88. The van der Waals surface area contributed by atoms with Gasteiger partial charge in [0, 0.05) is 17.5 Å². The van der Waals surface area contributed by atoms with E-state index in [9.17, 15) is 0 Å². The first-order chi connectivity index (χ1) is 7.22. The normalized spacial score (nSPS) is 34.9. The highest BCUT2D eigenvalue weighted by Crippen LogP contribution is 2.32. The number of nitriles is 1. The fourth-order valence-corrected chi connectivity index (χ4v) is 3.20. The maximum Gasteiger partial charge on any atom is 0.0656 e. The van der Waals surface area contributed by atoms with Gasteiger partial charge in [-0.15, -0.1) is 0 Å². The van der Waals surface area contributed by atoms with Gasteiger partial charge in [0.1, 0.15) is 0 Å². The molecule has 0 amide bonds. The zero-order valence-corrected chi connectivity index (χ0v) is 9.76. The molecule has 0 aromatic rings. The van der Waals surface area contributed by atoms with Crippen molar-refractivity contribution in [2.75, 3.05) is 0 Å². The van der Waals surface area contributed by atoms with Gasteiger partial charge < -0.3 is 5.32 Å². The Labute approximate surface area is 93.0 Å². The van der Waals surface area contributed by atoms with Crippen molar-refractivity contribution >= 4 is 0 Å². The van der Waals surface area contributed by atoms with Crippen LogP contribution in [0.25, 0.3) is 0 Å². The Morgan fingerprint density at radius 3 is 2.53 bits per heavy atom. The molecule has 2 aliphatic carbocycles. The maximum absolute atomic E-state index is 8.88. The predicted molar refractivity (Wildman–Crippen MR) is 61.4 cm³/mol. The van der Waals surface area contributed by atoms with Crippen molar-refractivity contribution in [1.82, 2.24) is 5.32 Å². The molecule has 2 unspecified atom stereocenters. The van der Waals surface area contributed by atoms with E-state index in [-0.39, 0.29) is 0 Å². The van der Waals surface area contributed by atoms with E-state index in [1.165, 1.54) is 38.5 Å². The summed E-state index contributed by atoms with van der Waals surface area (Å²) in [5.41, 5.74) is 0.368. The minimum Gasteiger partial charge on any atom is -0.309 e. The Bertz CT molecular complexity index is 248. The molecule has 84 valence electrons. The van der Waals surface area contributed by atoms with Gasteiger partial charge in [-0.05, 0) is 39.0 Å². The molecule has 0 radical (unpaired) electrons. The van der Waals surface area contributed by atoms with Gasteiger partial charge in [-0.3, -0.25) is 0 Å². The number of nitrogens with zero attached hydrogens (tertiary/aromatic N) is 1. The van der Waals surface area contributed by atoms with Crippen LogP contribution in [0.4, 0.5) is 0 Å². The molecule has 0 aromatic heterocycles. The SMILES string of the molecule is CC1(NC2CCC(C#N)C2)CCCCC1. The first-order valence-electron chi connectivity index (χ1n) is 6.39. The number of hydrogen-bond acceptors (Lipinski definition) is 2. The van der Waals surface area contributed by atoms with E-state index in [1.807, 2.05) is 0 Å². The highest BCUT2D eigenvalue weighted by atomic mass is 15.0. The summed E-state index contributed by atoms with van der Waals surface area (Å²) in [5.74, 6) is 0.315. The molecule has 2 heteroatoms. The Hall–Kier alpha value is -0.550. The molecule has 0 aromatic carbocycles. The summed E-state index contributed by atoms with van der Waals surface area (Å²) >= 11 is 0. The van der Waals surface area contributed by atoms with Gasteiger partial charge in [0.25, 0.3) is 0 Å². The van der Waals surface area contributed by atoms with E-state index >= 15 is 0 Å². The number of rotatable bonds is 2. The summed E-state index contributed by atoms with van der Waals surface area (Å²) in [7, 11) is 0. The van der Waals surface area contributed by atoms with Crippen LogP contribution in [0.15, 0.2) is 0 Å². The fourth-order valence-electron chi connectivity index (χ4n) is 3.20. The van der Waals surface area contributed by atoms with Crippen LogP contribution in [0.1, 0.15) is 58.3 Å². The van der Waals surface area contributed by atoms with Crippen molar-refractivity contribution in [3.05, 3.63) is 0 Å². The second-order valence-electron chi connectivity index (χ2n) is 5.60. The lowest BCUT2D eigenvalue weighted by Crippen LogP contribution is -2.48. The molecular weight excluding hydrogens is 184 g/mol. The summed E-state index contributed by atoms with van der Waals surface area (Å²) in [6.45, 7) is 2.37. The third-order valence-corrected chi connectivity index (χ3v) is 4.12. The van der Waals surface area contributed by atoms with Crippen molar-refractivity contribution in [2.45, 2.75) is 69.9 Å². The number of hydrogen-bond donors (Lipinski definition) is 1. The van der Waals surface area contributed by atoms with Crippen LogP contribution in [0.5, 0.6) is 0 Å². The second kappa shape index (κ2) is 4.53. The van der Waals surface area contributed by atoms with Gasteiger partial charge in [0.15, 0.2) is 0 Å². The van der Waals surface area contributed by atoms with Crippen LogP contribution in [0, 0.1) is 17.2 Å². The lowest BCUT2D eigenvalue weighted by atomic mass is 9.82. The summed E-state index contributed by atoms with van der Waals surface area (Å²) < 4.78 is 0. The third-order valence-electron chi connectivity index (χ3n) is 4.12. The van der Waals surface area contributed by atoms with E-state index in [4.69, 9.17) is 5.26 Å². The molecule has 2 rings (SSSR count). The standard InChI is InChI=1S/C13H22N2/c1-13(7-3-2-4-8-13)15-12-6-5-11(9-12)10-14/h11-12,15H,2-9H2,1H3. The molecule has 15 heavy (non-hydrogen) atoms. The Morgan fingerprint density at radius 2 is 1.93 bits per heavy atom. The average molecular weight is 206 g/mol. The average Bonchev–Trinajstić information content (AvgIpc) is 2.66. The lowest BCUT2D eigenvalue weighted by molar-refractivity contribution is 0.227. The zero-order valence-electron chi connectivity index (χ0n) is 9.76. The third kappa shape index (κ3) is 2.72. The van der Waals surface area contributed by atoms with Crippen LogP contribution in [0.2, 0.25) is 0 Å². The Balaban J connectivity index is 1.84. The first kappa shape index (κ1) is 11.0. The number of nitrogens with one attached hydrogen (secondary N) is 1. The summed E-state index contributed by atoms with van der Waals surface area (Å²) in [4.78, 5) is 0. The molecule has 2 saturated carbocycles. The van der Waals surface area contributed by atoms with Gasteiger partial charge in [0.2, 0.25) is 0 Å². The fraction of sp³-hybridized carbons (Fsp3) is 0.923. The minimum atomic E-state index is 0.315. The van der Waals surface area contributed by atoms with E-state index in [2.05, 4.69) is 18.3 Å². The minimum absolute atomic E-state index is 0.315. The molecular formula is C13H22N2. The first-order valence-corrected chi connectivity index (χ1v) is 6.39. The molecule has 0 spiro atoms. The van der Waals surface area contributed by atoms with Gasteiger partial charge in [-0.25, -0.2) is 0 Å². The monoisotopic (exact) mass is 206 g/mol. The van der Waals surface area contributed by atoms with Crippen molar-refractivity contribution in [3.63, 3.8) is 0 Å². The second-order valence-corrected chi connectivity index (χ2v) is 5.60. The van der Waals surface area contributed by atoms with Crippen LogP contribution in [0.3, 0.4) is 0 Å². The zero-order chi connectivity index (χ0) is 10.7. The molecule has 2 atom stereocenters. The van der Waals surface area contributed by atoms with E-state index in [0.717, 1.165) is 12.8 Å². The summed E-state index contributed by atoms with van der Waals surface area (Å²) in [6, 6.07) is 3.01. The van der Waals surface area contributed by atoms with Crippen LogP contribution in [-0.2, 0) is 0 Å². The van der Waals surface area contributed by atoms with E-state index in [0.29, 0.717) is 17.5 Å². The molecule has 0 bridgehead atoms. The lowest BCUT2D eigenvalue weighted by Gasteiger charge is -2.37. The topological polar surface area (TPSA) is 35.8 Å². The Kier molecular flexibility index (Phi) is 3.31. The summed E-state index contributed by atoms with van der Waals surface area (Å²) in [6.07, 6.45) is 10.2.